The summed E-state index contributed by atoms with van der Waals surface area (Å²) in [7, 11) is 0. The first-order valence-corrected chi connectivity index (χ1v) is 8.87. The molecule has 1 amide bonds. The van der Waals surface area contributed by atoms with Gasteiger partial charge in [-0.1, -0.05) is 18.2 Å². The topological polar surface area (TPSA) is 59.0 Å². The van der Waals surface area contributed by atoms with Gasteiger partial charge in [-0.15, -0.1) is 12.4 Å². The van der Waals surface area contributed by atoms with Gasteiger partial charge in [0.1, 0.15) is 0 Å². The van der Waals surface area contributed by atoms with Gasteiger partial charge in [-0.25, -0.2) is 4.68 Å². The minimum atomic E-state index is 0. The van der Waals surface area contributed by atoms with Gasteiger partial charge in [0.25, 0.3) is 0 Å². The Bertz CT molecular complexity index is 638. The Morgan fingerprint density at radius 1 is 1.32 bits per heavy atom. The third-order valence-electron chi connectivity index (χ3n) is 4.57. The lowest BCUT2D eigenvalue weighted by Gasteiger charge is -2.22. The van der Waals surface area contributed by atoms with Crippen LogP contribution in [0.4, 0.5) is 0 Å². The molecule has 1 atom stereocenters. The maximum Gasteiger partial charge on any atom is 0.220 e. The van der Waals surface area contributed by atoms with Crippen LogP contribution in [0.2, 0.25) is 0 Å². The molecule has 1 unspecified atom stereocenters. The van der Waals surface area contributed by atoms with Crippen molar-refractivity contribution < 1.29 is 4.79 Å². The molecular weight excluding hydrogens is 336 g/mol. The molecule has 1 aromatic carbocycles. The second-order valence-electron chi connectivity index (χ2n) is 6.48. The molecule has 2 aromatic rings. The lowest BCUT2D eigenvalue weighted by Crippen LogP contribution is -2.33. The quantitative estimate of drug-likeness (QED) is 0.796. The summed E-state index contributed by atoms with van der Waals surface area (Å²) in [5.74, 6) is 0.842. The van der Waals surface area contributed by atoms with E-state index in [4.69, 9.17) is 0 Å². The van der Waals surface area contributed by atoms with Crippen molar-refractivity contribution in [2.45, 2.75) is 32.1 Å². The Balaban J connectivity index is 0.00000225. The van der Waals surface area contributed by atoms with Gasteiger partial charge in [-0.3, -0.25) is 4.79 Å². The van der Waals surface area contributed by atoms with Gasteiger partial charge in [0.15, 0.2) is 0 Å². The van der Waals surface area contributed by atoms with Gasteiger partial charge >= 0.3 is 0 Å². The number of rotatable bonds is 7. The molecule has 3 rings (SSSR count). The van der Waals surface area contributed by atoms with Gasteiger partial charge in [0, 0.05) is 19.2 Å². The van der Waals surface area contributed by atoms with Crippen LogP contribution in [0.5, 0.6) is 0 Å². The number of hydrogen-bond acceptors (Lipinski definition) is 3. The van der Waals surface area contributed by atoms with Crippen molar-refractivity contribution in [2.24, 2.45) is 5.92 Å². The van der Waals surface area contributed by atoms with Crippen LogP contribution in [0.25, 0.3) is 5.69 Å². The fourth-order valence-corrected chi connectivity index (χ4v) is 3.14. The number of aromatic nitrogens is 2. The molecule has 1 aliphatic rings. The number of para-hydroxylation sites is 1. The van der Waals surface area contributed by atoms with Gasteiger partial charge in [-0.05, 0) is 62.4 Å². The van der Waals surface area contributed by atoms with Crippen molar-refractivity contribution in [2.75, 3.05) is 19.6 Å². The molecular formula is C19H27ClN4O. The molecule has 2 heterocycles. The molecule has 0 radical (unpaired) electrons. The highest BCUT2D eigenvalue weighted by molar-refractivity contribution is 5.85. The molecule has 1 aliphatic heterocycles. The predicted octanol–water partition coefficient (Wildman–Crippen LogP) is 2.73. The number of halogens is 1. The van der Waals surface area contributed by atoms with E-state index in [0.717, 1.165) is 43.7 Å². The van der Waals surface area contributed by atoms with Gasteiger partial charge in [0.2, 0.25) is 5.91 Å². The van der Waals surface area contributed by atoms with E-state index in [1.165, 1.54) is 12.8 Å². The van der Waals surface area contributed by atoms with E-state index in [9.17, 15) is 4.79 Å². The standard InChI is InChI=1S/C19H26N4O.ClH/c24-19(21-12-10-16-5-4-11-20-13-16)9-8-17-14-22-23(15-17)18-6-2-1-3-7-18;/h1-3,6-7,14-16,20H,4-5,8-13H2,(H,21,24);1H. The molecule has 6 heteroatoms. The molecule has 25 heavy (non-hydrogen) atoms. The summed E-state index contributed by atoms with van der Waals surface area (Å²) in [6.45, 7) is 3.02. The van der Waals surface area contributed by atoms with Crippen LogP contribution in [0.15, 0.2) is 42.7 Å². The van der Waals surface area contributed by atoms with Gasteiger partial charge in [0.05, 0.1) is 11.9 Å². The van der Waals surface area contributed by atoms with Crippen molar-refractivity contribution in [3.8, 4) is 5.69 Å². The lowest BCUT2D eigenvalue weighted by atomic mass is 9.96. The van der Waals surface area contributed by atoms with Crippen LogP contribution >= 0.6 is 12.4 Å². The first-order chi connectivity index (χ1) is 11.8. The Morgan fingerprint density at radius 3 is 2.92 bits per heavy atom. The number of nitrogens with zero attached hydrogens (tertiary/aromatic N) is 2. The van der Waals surface area contributed by atoms with Crippen LogP contribution < -0.4 is 10.6 Å². The average molecular weight is 363 g/mol. The van der Waals surface area contributed by atoms with Crippen LogP contribution in [0, 0.1) is 5.92 Å². The minimum absolute atomic E-state index is 0. The Kier molecular flexibility index (Phi) is 7.95. The van der Waals surface area contributed by atoms with E-state index in [1.54, 1.807) is 0 Å². The fraction of sp³-hybridized carbons (Fsp3) is 0.474. The number of nitrogens with one attached hydrogen (secondary N) is 2. The molecule has 1 aromatic heterocycles. The third kappa shape index (κ3) is 6.18. The summed E-state index contributed by atoms with van der Waals surface area (Å²) < 4.78 is 1.85. The smallest absolute Gasteiger partial charge is 0.220 e. The van der Waals surface area contributed by atoms with E-state index >= 15 is 0 Å². The highest BCUT2D eigenvalue weighted by Crippen LogP contribution is 2.13. The zero-order valence-corrected chi connectivity index (χ0v) is 15.3. The van der Waals surface area contributed by atoms with Crippen LogP contribution in [0.3, 0.4) is 0 Å². The highest BCUT2D eigenvalue weighted by Gasteiger charge is 2.13. The summed E-state index contributed by atoms with van der Waals surface area (Å²) in [6, 6.07) is 10.0. The Morgan fingerprint density at radius 2 is 2.16 bits per heavy atom. The fourth-order valence-electron chi connectivity index (χ4n) is 3.14. The Labute approximate surface area is 155 Å². The maximum absolute atomic E-state index is 12.0. The molecule has 136 valence electrons. The summed E-state index contributed by atoms with van der Waals surface area (Å²) in [5.41, 5.74) is 2.12. The van der Waals surface area contributed by atoms with Crippen LogP contribution in [-0.2, 0) is 11.2 Å². The number of piperidine rings is 1. The second-order valence-corrected chi connectivity index (χ2v) is 6.48. The molecule has 2 N–H and O–H groups in total. The van der Waals surface area contributed by atoms with E-state index in [1.807, 2.05) is 47.4 Å². The number of amides is 1. The molecule has 0 spiro atoms. The first kappa shape index (κ1) is 19.5. The monoisotopic (exact) mass is 362 g/mol. The highest BCUT2D eigenvalue weighted by atomic mass is 35.5. The maximum atomic E-state index is 12.0. The van der Waals surface area contributed by atoms with Gasteiger partial charge in [-0.2, -0.15) is 5.10 Å². The number of carbonyl (C=O) groups is 1. The second kappa shape index (κ2) is 10.2. The Hall–Kier alpha value is -1.85. The average Bonchev–Trinajstić information content (AvgIpc) is 3.11. The normalized spacial score (nSPS) is 16.9. The van der Waals surface area contributed by atoms with Crippen molar-refractivity contribution in [1.29, 1.82) is 0 Å². The molecule has 0 bridgehead atoms. The van der Waals surface area contributed by atoms with E-state index in [-0.39, 0.29) is 18.3 Å². The zero-order chi connectivity index (χ0) is 16.6. The van der Waals surface area contributed by atoms with Crippen LogP contribution in [0.1, 0.15) is 31.2 Å². The third-order valence-corrected chi connectivity index (χ3v) is 4.57. The predicted molar refractivity (Wildman–Crippen MR) is 102 cm³/mol. The van der Waals surface area contributed by atoms with Crippen molar-refractivity contribution >= 4 is 18.3 Å². The molecule has 5 nitrogen and oxygen atoms in total. The molecule has 0 saturated carbocycles. The molecule has 0 aliphatic carbocycles. The van der Waals surface area contributed by atoms with Crippen molar-refractivity contribution in [3.05, 3.63) is 48.3 Å². The van der Waals surface area contributed by atoms with Crippen LogP contribution in [-0.4, -0.2) is 35.3 Å². The largest absolute Gasteiger partial charge is 0.356 e. The minimum Gasteiger partial charge on any atom is -0.356 e. The zero-order valence-electron chi connectivity index (χ0n) is 14.5. The number of hydrogen-bond donors (Lipinski definition) is 2. The number of aryl methyl sites for hydroxylation is 1. The summed E-state index contributed by atoms with van der Waals surface area (Å²) in [5, 5.41) is 10.8. The lowest BCUT2D eigenvalue weighted by molar-refractivity contribution is -0.121. The summed E-state index contributed by atoms with van der Waals surface area (Å²) in [4.78, 5) is 12.0. The van der Waals surface area contributed by atoms with E-state index in [2.05, 4.69) is 15.7 Å². The van der Waals surface area contributed by atoms with Crippen molar-refractivity contribution in [1.82, 2.24) is 20.4 Å². The van der Waals surface area contributed by atoms with E-state index < -0.39 is 0 Å². The summed E-state index contributed by atoms with van der Waals surface area (Å²) >= 11 is 0. The number of carbonyl (C=O) groups excluding carboxylic acids is 1. The number of benzene rings is 1. The summed E-state index contributed by atoms with van der Waals surface area (Å²) in [6.07, 6.45) is 8.69. The van der Waals surface area contributed by atoms with E-state index in [0.29, 0.717) is 12.3 Å². The van der Waals surface area contributed by atoms with Crippen molar-refractivity contribution in [3.63, 3.8) is 0 Å². The molecule has 1 saturated heterocycles. The molecule has 1 fully saturated rings. The first-order valence-electron chi connectivity index (χ1n) is 8.87. The van der Waals surface area contributed by atoms with Gasteiger partial charge < -0.3 is 10.6 Å². The SMILES string of the molecule is Cl.O=C(CCc1cnn(-c2ccccc2)c1)NCCC1CCCNC1.